The van der Waals surface area contributed by atoms with E-state index in [1.54, 1.807) is 24.4 Å². The average Bonchev–Trinajstić information content (AvgIpc) is 2.92. The van der Waals surface area contributed by atoms with Crippen molar-refractivity contribution in [3.05, 3.63) is 65.4 Å². The Bertz CT molecular complexity index is 751. The van der Waals surface area contributed by atoms with Crippen LogP contribution in [0.25, 0.3) is 11.0 Å². The summed E-state index contributed by atoms with van der Waals surface area (Å²) >= 11 is 0. The Hall–Kier alpha value is -2.20. The lowest BCUT2D eigenvalue weighted by Gasteiger charge is -2.11. The maximum absolute atomic E-state index is 13.7. The predicted octanol–water partition coefficient (Wildman–Crippen LogP) is 3.58. The van der Waals surface area contributed by atoms with Crippen molar-refractivity contribution in [3.63, 3.8) is 0 Å². The molecule has 102 valence electrons. The van der Waals surface area contributed by atoms with Crippen LogP contribution in [0.2, 0.25) is 0 Å². The number of rotatable bonds is 3. The number of benzene rings is 1. The van der Waals surface area contributed by atoms with E-state index in [4.69, 9.17) is 10.2 Å². The van der Waals surface area contributed by atoms with Gasteiger partial charge in [-0.15, -0.1) is 0 Å². The van der Waals surface area contributed by atoms with Crippen LogP contribution in [0.3, 0.4) is 0 Å². The summed E-state index contributed by atoms with van der Waals surface area (Å²) in [5.74, 6) is 0.149. The van der Waals surface area contributed by atoms with E-state index in [0.717, 1.165) is 17.7 Å². The second-order valence-corrected chi connectivity index (χ2v) is 4.69. The van der Waals surface area contributed by atoms with Gasteiger partial charge in [-0.1, -0.05) is 25.1 Å². The number of para-hydroxylation sites is 1. The number of hydrogen-bond donors (Lipinski definition) is 1. The minimum Gasteiger partial charge on any atom is -0.456 e. The third-order valence-electron chi connectivity index (χ3n) is 3.42. The highest BCUT2D eigenvalue weighted by molar-refractivity contribution is 5.78. The summed E-state index contributed by atoms with van der Waals surface area (Å²) in [4.78, 5) is 4.34. The molecule has 0 spiro atoms. The first-order valence-corrected chi connectivity index (χ1v) is 6.58. The van der Waals surface area contributed by atoms with Gasteiger partial charge in [-0.05, 0) is 30.2 Å². The number of furan rings is 1. The molecule has 3 aromatic rings. The topological polar surface area (TPSA) is 52.0 Å². The molecule has 0 amide bonds. The van der Waals surface area contributed by atoms with Crippen LogP contribution in [0.4, 0.5) is 4.39 Å². The fourth-order valence-electron chi connectivity index (χ4n) is 2.37. The van der Waals surface area contributed by atoms with Crippen LogP contribution < -0.4 is 5.73 Å². The summed E-state index contributed by atoms with van der Waals surface area (Å²) in [5.41, 5.74) is 8.31. The molecule has 4 heteroatoms. The van der Waals surface area contributed by atoms with Gasteiger partial charge >= 0.3 is 0 Å². The summed E-state index contributed by atoms with van der Waals surface area (Å²) in [6, 6.07) is 9.99. The normalized spacial score (nSPS) is 12.8. The highest BCUT2D eigenvalue weighted by Gasteiger charge is 2.19. The molecule has 1 aromatic carbocycles. The van der Waals surface area contributed by atoms with E-state index < -0.39 is 6.04 Å². The molecule has 2 heterocycles. The molecular weight excluding hydrogens is 255 g/mol. The molecule has 0 aliphatic rings. The largest absolute Gasteiger partial charge is 0.456 e. The van der Waals surface area contributed by atoms with E-state index in [1.807, 2.05) is 19.1 Å². The van der Waals surface area contributed by atoms with Crippen LogP contribution in [-0.4, -0.2) is 4.98 Å². The van der Waals surface area contributed by atoms with Gasteiger partial charge in [-0.3, -0.25) is 4.98 Å². The zero-order valence-corrected chi connectivity index (χ0v) is 11.1. The minimum atomic E-state index is -0.488. The fraction of sp³-hybridized carbons (Fsp3) is 0.188. The zero-order valence-electron chi connectivity index (χ0n) is 11.1. The molecule has 0 bridgehead atoms. The molecular formula is C16H15FN2O. The minimum absolute atomic E-state index is 0.243. The first kappa shape index (κ1) is 12.8. The van der Waals surface area contributed by atoms with Crippen molar-refractivity contribution < 1.29 is 8.81 Å². The van der Waals surface area contributed by atoms with Crippen LogP contribution in [0.15, 0.2) is 47.0 Å². The van der Waals surface area contributed by atoms with E-state index in [2.05, 4.69) is 4.98 Å². The summed E-state index contributed by atoms with van der Waals surface area (Å²) in [6.07, 6.45) is 2.54. The molecule has 2 N–H and O–H groups in total. The number of halogens is 1. The van der Waals surface area contributed by atoms with Crippen LogP contribution in [-0.2, 0) is 6.42 Å². The average molecular weight is 270 g/mol. The van der Waals surface area contributed by atoms with Gasteiger partial charge in [-0.2, -0.15) is 0 Å². The lowest BCUT2D eigenvalue weighted by Crippen LogP contribution is -2.14. The molecule has 0 aliphatic heterocycles. The first-order chi connectivity index (χ1) is 9.70. The van der Waals surface area contributed by atoms with Gasteiger partial charge < -0.3 is 10.2 Å². The van der Waals surface area contributed by atoms with Crippen LogP contribution in [0.1, 0.15) is 30.0 Å². The second kappa shape index (κ2) is 5.06. The number of nitrogens with zero attached hydrogens (tertiary/aromatic N) is 1. The quantitative estimate of drug-likeness (QED) is 0.791. The Labute approximate surface area is 116 Å². The smallest absolute Gasteiger partial charge is 0.169 e. The molecule has 1 unspecified atom stereocenters. The van der Waals surface area contributed by atoms with Crippen molar-refractivity contribution in [2.75, 3.05) is 0 Å². The van der Waals surface area contributed by atoms with Crippen molar-refractivity contribution in [2.45, 2.75) is 19.4 Å². The molecule has 3 rings (SSSR count). The Kier molecular flexibility index (Phi) is 3.24. The number of nitrogens with two attached hydrogens (primary N) is 1. The van der Waals surface area contributed by atoms with E-state index in [9.17, 15) is 4.39 Å². The summed E-state index contributed by atoms with van der Waals surface area (Å²) in [5, 5.41) is 0.712. The molecule has 0 aliphatic carbocycles. The SMILES string of the molecule is CCc1cccnc1C(N)c1cc2cccc(F)c2o1. The van der Waals surface area contributed by atoms with E-state index in [0.29, 0.717) is 11.1 Å². The van der Waals surface area contributed by atoms with Gasteiger partial charge in [0.25, 0.3) is 0 Å². The van der Waals surface area contributed by atoms with E-state index >= 15 is 0 Å². The van der Waals surface area contributed by atoms with E-state index in [-0.39, 0.29) is 11.4 Å². The van der Waals surface area contributed by atoms with Crippen molar-refractivity contribution >= 4 is 11.0 Å². The van der Waals surface area contributed by atoms with Gasteiger partial charge in [0.2, 0.25) is 0 Å². The Morgan fingerprint density at radius 1 is 1.30 bits per heavy atom. The van der Waals surface area contributed by atoms with Crippen molar-refractivity contribution in [2.24, 2.45) is 5.73 Å². The highest BCUT2D eigenvalue weighted by atomic mass is 19.1. The molecule has 0 radical (unpaired) electrons. The number of aryl methyl sites for hydroxylation is 1. The lowest BCUT2D eigenvalue weighted by molar-refractivity contribution is 0.498. The second-order valence-electron chi connectivity index (χ2n) is 4.69. The van der Waals surface area contributed by atoms with E-state index in [1.165, 1.54) is 6.07 Å². The molecule has 0 fully saturated rings. The van der Waals surface area contributed by atoms with Crippen molar-refractivity contribution in [3.8, 4) is 0 Å². The van der Waals surface area contributed by atoms with Gasteiger partial charge in [0.05, 0.1) is 5.69 Å². The van der Waals surface area contributed by atoms with Gasteiger partial charge in [0, 0.05) is 11.6 Å². The Balaban J connectivity index is 2.08. The summed E-state index contributed by atoms with van der Waals surface area (Å²) < 4.78 is 19.2. The highest BCUT2D eigenvalue weighted by Crippen LogP contribution is 2.28. The monoisotopic (exact) mass is 270 g/mol. The molecule has 0 saturated heterocycles. The maximum atomic E-state index is 13.7. The summed E-state index contributed by atoms with van der Waals surface area (Å²) in [7, 11) is 0. The lowest BCUT2D eigenvalue weighted by atomic mass is 10.0. The Morgan fingerprint density at radius 3 is 2.90 bits per heavy atom. The molecule has 0 saturated carbocycles. The third kappa shape index (κ3) is 2.08. The number of pyridine rings is 1. The molecule has 20 heavy (non-hydrogen) atoms. The number of fused-ring (bicyclic) bond motifs is 1. The van der Waals surface area contributed by atoms with Crippen LogP contribution >= 0.6 is 0 Å². The molecule has 2 aromatic heterocycles. The maximum Gasteiger partial charge on any atom is 0.169 e. The predicted molar refractivity (Wildman–Crippen MR) is 75.8 cm³/mol. The van der Waals surface area contributed by atoms with Gasteiger partial charge in [0.1, 0.15) is 11.8 Å². The fourth-order valence-corrected chi connectivity index (χ4v) is 2.37. The zero-order chi connectivity index (χ0) is 14.1. The van der Waals surface area contributed by atoms with Crippen molar-refractivity contribution in [1.29, 1.82) is 0 Å². The Morgan fingerprint density at radius 2 is 2.15 bits per heavy atom. The van der Waals surface area contributed by atoms with Crippen LogP contribution in [0, 0.1) is 5.82 Å². The molecule has 3 nitrogen and oxygen atoms in total. The van der Waals surface area contributed by atoms with Gasteiger partial charge in [-0.25, -0.2) is 4.39 Å². The summed E-state index contributed by atoms with van der Waals surface area (Å²) in [6.45, 7) is 2.05. The molecule has 1 atom stereocenters. The number of aromatic nitrogens is 1. The number of hydrogen-bond acceptors (Lipinski definition) is 3. The standard InChI is InChI=1S/C16H15FN2O/c1-2-10-6-4-8-19-15(10)14(18)13-9-11-5-3-7-12(17)16(11)20-13/h3-9,14H,2,18H2,1H3. The van der Waals surface area contributed by atoms with Crippen molar-refractivity contribution in [1.82, 2.24) is 4.98 Å². The van der Waals surface area contributed by atoms with Crippen LogP contribution in [0.5, 0.6) is 0 Å². The third-order valence-corrected chi connectivity index (χ3v) is 3.42. The van der Waals surface area contributed by atoms with Gasteiger partial charge in [0.15, 0.2) is 11.4 Å². The first-order valence-electron chi connectivity index (χ1n) is 6.58.